The van der Waals surface area contributed by atoms with Crippen LogP contribution in [0.3, 0.4) is 0 Å². The molecule has 2 aliphatic rings. The molecule has 1 amide bonds. The maximum Gasteiger partial charge on any atom is 0.290 e. The molecule has 116 valence electrons. The Morgan fingerprint density at radius 2 is 1.90 bits per heavy atom. The molecule has 1 N–H and O–H groups in total. The second-order valence-corrected chi connectivity index (χ2v) is 5.57. The zero-order chi connectivity index (χ0) is 15.0. The van der Waals surface area contributed by atoms with Crippen LogP contribution in [0.2, 0.25) is 0 Å². The second-order valence-electron chi connectivity index (χ2n) is 5.57. The standard InChI is InChI=1S/C12H22N2O3.CH2O2/c1-12(9-17-10-12)8-13(2)7-11(15)14-3-5-16-6-4-14;2-1-3/h3-10H2,1-2H3;1H,(H,2,3). The highest BCUT2D eigenvalue weighted by Crippen LogP contribution is 2.26. The molecule has 2 aliphatic heterocycles. The number of likely N-dealkylation sites (N-methyl/N-ethyl adjacent to an activating group) is 1. The Morgan fingerprint density at radius 1 is 1.35 bits per heavy atom. The molecular formula is C13H24N2O5. The van der Waals surface area contributed by atoms with Gasteiger partial charge in [0.1, 0.15) is 0 Å². The number of hydrogen-bond donors (Lipinski definition) is 1. The molecule has 2 heterocycles. The summed E-state index contributed by atoms with van der Waals surface area (Å²) in [6, 6.07) is 0. The third-order valence-corrected chi connectivity index (χ3v) is 3.32. The maximum absolute atomic E-state index is 12.0. The quantitative estimate of drug-likeness (QED) is 0.704. The van der Waals surface area contributed by atoms with Crippen molar-refractivity contribution in [2.24, 2.45) is 5.41 Å². The van der Waals surface area contributed by atoms with Gasteiger partial charge in [0.05, 0.1) is 33.0 Å². The topological polar surface area (TPSA) is 79.3 Å². The van der Waals surface area contributed by atoms with E-state index in [4.69, 9.17) is 19.4 Å². The molecule has 0 aromatic carbocycles. The first kappa shape index (κ1) is 16.9. The average Bonchev–Trinajstić information content (AvgIpc) is 2.38. The summed E-state index contributed by atoms with van der Waals surface area (Å²) < 4.78 is 10.5. The van der Waals surface area contributed by atoms with Crippen LogP contribution in [0.1, 0.15) is 6.92 Å². The number of rotatable bonds is 4. The molecule has 0 aromatic rings. The molecule has 0 radical (unpaired) electrons. The molecule has 7 nitrogen and oxygen atoms in total. The van der Waals surface area contributed by atoms with E-state index in [1.165, 1.54) is 0 Å². The van der Waals surface area contributed by atoms with Crippen molar-refractivity contribution in [2.75, 3.05) is 59.7 Å². The summed E-state index contributed by atoms with van der Waals surface area (Å²) in [7, 11) is 2.00. The summed E-state index contributed by atoms with van der Waals surface area (Å²) in [4.78, 5) is 24.3. The van der Waals surface area contributed by atoms with Crippen LogP contribution in [-0.2, 0) is 19.1 Å². The number of nitrogens with zero attached hydrogens (tertiary/aromatic N) is 2. The van der Waals surface area contributed by atoms with Crippen molar-refractivity contribution in [1.82, 2.24) is 9.80 Å². The summed E-state index contributed by atoms with van der Waals surface area (Å²) >= 11 is 0. The van der Waals surface area contributed by atoms with Crippen molar-refractivity contribution in [1.29, 1.82) is 0 Å². The SMILES string of the molecule is CN(CC(=O)N1CCOCC1)CC1(C)COC1.O=CO. The molecule has 0 unspecified atom stereocenters. The fraction of sp³-hybridized carbons (Fsp3) is 0.846. The summed E-state index contributed by atoms with van der Waals surface area (Å²) in [5, 5.41) is 6.89. The summed E-state index contributed by atoms with van der Waals surface area (Å²) in [5.74, 6) is 0.208. The van der Waals surface area contributed by atoms with Crippen LogP contribution in [0.4, 0.5) is 0 Å². The van der Waals surface area contributed by atoms with Crippen LogP contribution < -0.4 is 0 Å². The van der Waals surface area contributed by atoms with Crippen LogP contribution in [0.15, 0.2) is 0 Å². The van der Waals surface area contributed by atoms with Crippen molar-refractivity contribution in [3.63, 3.8) is 0 Å². The van der Waals surface area contributed by atoms with Gasteiger partial charge in [-0.05, 0) is 7.05 Å². The summed E-state index contributed by atoms with van der Waals surface area (Å²) in [6.45, 7) is 7.78. The molecular weight excluding hydrogens is 264 g/mol. The van der Waals surface area contributed by atoms with Crippen LogP contribution in [0.5, 0.6) is 0 Å². The predicted octanol–water partition coefficient (Wildman–Crippen LogP) is -0.486. The first-order valence-corrected chi connectivity index (χ1v) is 6.70. The number of carbonyl (C=O) groups is 2. The van der Waals surface area contributed by atoms with Crippen LogP contribution in [-0.4, -0.2) is 86.9 Å². The van der Waals surface area contributed by atoms with Crippen molar-refractivity contribution < 1.29 is 24.2 Å². The summed E-state index contributed by atoms with van der Waals surface area (Å²) in [5.41, 5.74) is 0.236. The number of carboxylic acid groups (broad SMARTS) is 1. The first-order valence-electron chi connectivity index (χ1n) is 6.70. The normalized spacial score (nSPS) is 20.6. The highest BCUT2D eigenvalue weighted by Gasteiger charge is 2.34. The molecule has 2 fully saturated rings. The van der Waals surface area contributed by atoms with Crippen molar-refractivity contribution in [2.45, 2.75) is 6.92 Å². The van der Waals surface area contributed by atoms with Gasteiger partial charge in [0, 0.05) is 25.0 Å². The molecule has 20 heavy (non-hydrogen) atoms. The van der Waals surface area contributed by atoms with Gasteiger partial charge >= 0.3 is 0 Å². The fourth-order valence-corrected chi connectivity index (χ4v) is 2.39. The van der Waals surface area contributed by atoms with E-state index in [9.17, 15) is 4.79 Å². The van der Waals surface area contributed by atoms with Gasteiger partial charge in [-0.15, -0.1) is 0 Å². The Balaban J connectivity index is 0.000000612. The van der Waals surface area contributed by atoms with Gasteiger partial charge in [-0.25, -0.2) is 0 Å². The zero-order valence-electron chi connectivity index (χ0n) is 12.2. The van der Waals surface area contributed by atoms with Gasteiger partial charge in [-0.3, -0.25) is 14.5 Å². The van der Waals surface area contributed by atoms with Crippen molar-refractivity contribution in [3.8, 4) is 0 Å². The van der Waals surface area contributed by atoms with Crippen molar-refractivity contribution in [3.05, 3.63) is 0 Å². The Kier molecular flexibility index (Phi) is 6.90. The largest absolute Gasteiger partial charge is 0.483 e. The van der Waals surface area contributed by atoms with E-state index >= 15 is 0 Å². The molecule has 0 aliphatic carbocycles. The summed E-state index contributed by atoms with van der Waals surface area (Å²) in [6.07, 6.45) is 0. The van der Waals surface area contributed by atoms with Crippen LogP contribution in [0.25, 0.3) is 0 Å². The lowest BCUT2D eigenvalue weighted by Gasteiger charge is -2.41. The third-order valence-electron chi connectivity index (χ3n) is 3.32. The molecule has 0 spiro atoms. The Bertz CT molecular complexity index is 314. The van der Waals surface area contributed by atoms with E-state index < -0.39 is 0 Å². The molecule has 7 heteroatoms. The lowest BCUT2D eigenvalue weighted by atomic mass is 9.88. The Labute approximate surface area is 119 Å². The van der Waals surface area contributed by atoms with Gasteiger partial charge in [0.15, 0.2) is 0 Å². The molecule has 0 saturated carbocycles. The van der Waals surface area contributed by atoms with E-state index in [1.807, 2.05) is 11.9 Å². The number of morpholine rings is 1. The van der Waals surface area contributed by atoms with E-state index in [2.05, 4.69) is 11.8 Å². The molecule has 0 atom stereocenters. The van der Waals surface area contributed by atoms with Crippen molar-refractivity contribution >= 4 is 12.4 Å². The van der Waals surface area contributed by atoms with E-state index in [0.29, 0.717) is 19.8 Å². The Hall–Kier alpha value is -1.18. The maximum atomic E-state index is 12.0. The Morgan fingerprint density at radius 3 is 2.35 bits per heavy atom. The molecule has 0 aromatic heterocycles. The number of ether oxygens (including phenoxy) is 2. The minimum atomic E-state index is -0.250. The number of hydrogen-bond acceptors (Lipinski definition) is 5. The van der Waals surface area contributed by atoms with Gasteiger partial charge in [-0.1, -0.05) is 6.92 Å². The van der Waals surface area contributed by atoms with Crippen LogP contribution >= 0.6 is 0 Å². The third kappa shape index (κ3) is 5.44. The molecule has 2 rings (SSSR count). The second kappa shape index (κ2) is 8.18. The number of amides is 1. The van der Waals surface area contributed by atoms with Gasteiger partial charge in [0.2, 0.25) is 5.91 Å². The average molecular weight is 288 g/mol. The smallest absolute Gasteiger partial charge is 0.290 e. The van der Waals surface area contributed by atoms with E-state index in [0.717, 1.165) is 32.8 Å². The van der Waals surface area contributed by atoms with Gasteiger partial charge in [0.25, 0.3) is 6.47 Å². The highest BCUT2D eigenvalue weighted by atomic mass is 16.5. The van der Waals surface area contributed by atoms with Crippen LogP contribution in [0, 0.1) is 5.41 Å². The van der Waals surface area contributed by atoms with Gasteiger partial charge < -0.3 is 19.5 Å². The lowest BCUT2D eigenvalue weighted by Crippen LogP contribution is -2.51. The zero-order valence-corrected chi connectivity index (χ0v) is 12.2. The highest BCUT2D eigenvalue weighted by molar-refractivity contribution is 5.78. The minimum absolute atomic E-state index is 0.208. The van der Waals surface area contributed by atoms with E-state index in [1.54, 1.807) is 0 Å². The minimum Gasteiger partial charge on any atom is -0.483 e. The van der Waals surface area contributed by atoms with Gasteiger partial charge in [-0.2, -0.15) is 0 Å². The fourth-order valence-electron chi connectivity index (χ4n) is 2.39. The predicted molar refractivity (Wildman–Crippen MR) is 72.5 cm³/mol. The molecule has 0 bridgehead atoms. The lowest BCUT2D eigenvalue weighted by molar-refractivity contribution is -0.139. The first-order chi connectivity index (χ1) is 9.50. The number of carbonyl (C=O) groups excluding carboxylic acids is 1. The molecule has 2 saturated heterocycles. The van der Waals surface area contributed by atoms with E-state index in [-0.39, 0.29) is 17.8 Å². The monoisotopic (exact) mass is 288 g/mol.